The van der Waals surface area contributed by atoms with Crippen molar-refractivity contribution in [3.05, 3.63) is 65.7 Å². The molecule has 3 aromatic rings. The summed E-state index contributed by atoms with van der Waals surface area (Å²) in [6.45, 7) is 5.09. The normalized spacial score (nSPS) is 16.4. The molecule has 4 rings (SSSR count). The van der Waals surface area contributed by atoms with Crippen LogP contribution in [-0.4, -0.2) is 32.6 Å². The molecule has 8 heteroatoms. The third-order valence-electron chi connectivity index (χ3n) is 4.97. The van der Waals surface area contributed by atoms with E-state index in [1.54, 1.807) is 12.3 Å². The van der Waals surface area contributed by atoms with Crippen LogP contribution in [0.2, 0.25) is 0 Å². The maximum atomic E-state index is 12.4. The number of aromatic nitrogens is 4. The average Bonchev–Trinajstić information content (AvgIpc) is 3.43. The summed E-state index contributed by atoms with van der Waals surface area (Å²) in [7, 11) is 0. The molecule has 3 aromatic heterocycles. The van der Waals surface area contributed by atoms with Crippen LogP contribution in [0.4, 0.5) is 5.82 Å². The van der Waals surface area contributed by atoms with E-state index in [2.05, 4.69) is 30.3 Å². The molecule has 0 spiro atoms. The molecule has 150 valence electrons. The summed E-state index contributed by atoms with van der Waals surface area (Å²) in [6.07, 6.45) is 5.56. The molecule has 4 heterocycles. The van der Waals surface area contributed by atoms with Gasteiger partial charge in [0.25, 0.3) is 5.91 Å². The van der Waals surface area contributed by atoms with Crippen molar-refractivity contribution in [2.45, 2.75) is 45.2 Å². The van der Waals surface area contributed by atoms with Crippen LogP contribution in [-0.2, 0) is 6.54 Å². The minimum absolute atomic E-state index is 0.157. The van der Waals surface area contributed by atoms with Crippen LogP contribution in [0.5, 0.6) is 0 Å². The van der Waals surface area contributed by atoms with Crippen LogP contribution in [0.1, 0.15) is 66.4 Å². The van der Waals surface area contributed by atoms with Gasteiger partial charge in [-0.3, -0.25) is 9.78 Å². The summed E-state index contributed by atoms with van der Waals surface area (Å²) >= 11 is 0. The van der Waals surface area contributed by atoms with E-state index >= 15 is 0 Å². The Morgan fingerprint density at radius 3 is 2.86 bits per heavy atom. The Kier molecular flexibility index (Phi) is 5.50. The molecule has 0 saturated carbocycles. The fourth-order valence-electron chi connectivity index (χ4n) is 3.45. The summed E-state index contributed by atoms with van der Waals surface area (Å²) in [5.74, 6) is 1.82. The van der Waals surface area contributed by atoms with Gasteiger partial charge in [0.05, 0.1) is 23.8 Å². The first-order valence-electron chi connectivity index (χ1n) is 9.86. The lowest BCUT2D eigenvalue weighted by Crippen LogP contribution is -2.25. The zero-order valence-electron chi connectivity index (χ0n) is 16.6. The predicted molar refractivity (Wildman–Crippen MR) is 107 cm³/mol. The Hall–Kier alpha value is -3.29. The van der Waals surface area contributed by atoms with Gasteiger partial charge in [0.1, 0.15) is 5.82 Å². The van der Waals surface area contributed by atoms with Crippen molar-refractivity contribution in [1.82, 2.24) is 25.4 Å². The number of carbonyl (C=O) groups is 1. The summed E-state index contributed by atoms with van der Waals surface area (Å²) < 4.78 is 5.15. The zero-order chi connectivity index (χ0) is 20.2. The molecule has 0 aromatic carbocycles. The van der Waals surface area contributed by atoms with Gasteiger partial charge in [-0.1, -0.05) is 25.1 Å². The highest BCUT2D eigenvalue weighted by Crippen LogP contribution is 2.34. The molecule has 1 amide bonds. The molecule has 1 N–H and O–H groups in total. The van der Waals surface area contributed by atoms with Gasteiger partial charge in [-0.25, -0.2) is 4.98 Å². The van der Waals surface area contributed by atoms with Crippen molar-refractivity contribution in [2.24, 2.45) is 0 Å². The Morgan fingerprint density at radius 1 is 1.28 bits per heavy atom. The van der Waals surface area contributed by atoms with Gasteiger partial charge in [0.2, 0.25) is 5.89 Å². The minimum Gasteiger partial charge on any atom is -0.348 e. The molecule has 1 aliphatic heterocycles. The van der Waals surface area contributed by atoms with Gasteiger partial charge < -0.3 is 14.7 Å². The van der Waals surface area contributed by atoms with E-state index in [-0.39, 0.29) is 24.4 Å². The van der Waals surface area contributed by atoms with Gasteiger partial charge in [-0.15, -0.1) is 0 Å². The number of carbonyl (C=O) groups excluding carboxylic acids is 1. The first-order valence-corrected chi connectivity index (χ1v) is 9.86. The summed E-state index contributed by atoms with van der Waals surface area (Å²) in [6, 6.07) is 9.88. The van der Waals surface area contributed by atoms with Crippen LogP contribution < -0.4 is 10.2 Å². The monoisotopic (exact) mass is 392 g/mol. The molecular formula is C21H24N6O2. The molecule has 0 aliphatic carbocycles. The van der Waals surface area contributed by atoms with Crippen molar-refractivity contribution in [1.29, 1.82) is 0 Å². The summed E-state index contributed by atoms with van der Waals surface area (Å²) in [4.78, 5) is 27.9. The van der Waals surface area contributed by atoms with Crippen molar-refractivity contribution in [3.8, 4) is 0 Å². The molecule has 1 atom stereocenters. The molecule has 1 fully saturated rings. The maximum Gasteiger partial charge on any atom is 0.253 e. The SMILES string of the molecule is CC(C)c1nc(CNC(=O)c2ccc(N3CCC[C@@H]3c3ccccn3)nc2)no1. The summed E-state index contributed by atoms with van der Waals surface area (Å²) in [5, 5.41) is 6.68. The lowest BCUT2D eigenvalue weighted by atomic mass is 10.1. The second-order valence-corrected chi connectivity index (χ2v) is 7.40. The molecule has 0 unspecified atom stereocenters. The largest absolute Gasteiger partial charge is 0.348 e. The molecule has 1 aliphatic rings. The van der Waals surface area contributed by atoms with Gasteiger partial charge >= 0.3 is 0 Å². The number of amides is 1. The van der Waals surface area contributed by atoms with Crippen molar-refractivity contribution < 1.29 is 9.32 Å². The van der Waals surface area contributed by atoms with Crippen molar-refractivity contribution in [2.75, 3.05) is 11.4 Å². The van der Waals surface area contributed by atoms with Gasteiger partial charge in [0.15, 0.2) is 5.82 Å². The van der Waals surface area contributed by atoms with Gasteiger partial charge in [0, 0.05) is 24.9 Å². The van der Waals surface area contributed by atoms with Gasteiger partial charge in [-0.2, -0.15) is 4.98 Å². The van der Waals surface area contributed by atoms with Crippen LogP contribution in [0.25, 0.3) is 0 Å². The molecule has 1 saturated heterocycles. The van der Waals surface area contributed by atoms with Crippen molar-refractivity contribution >= 4 is 11.7 Å². The van der Waals surface area contributed by atoms with E-state index in [1.807, 2.05) is 44.3 Å². The van der Waals surface area contributed by atoms with E-state index in [1.165, 1.54) is 0 Å². The van der Waals surface area contributed by atoms with Crippen LogP contribution in [0.15, 0.2) is 47.2 Å². The van der Waals surface area contributed by atoms with E-state index in [9.17, 15) is 4.79 Å². The first kappa shape index (κ1) is 19.0. The van der Waals surface area contributed by atoms with Crippen molar-refractivity contribution in [3.63, 3.8) is 0 Å². The maximum absolute atomic E-state index is 12.4. The van der Waals surface area contributed by atoms with E-state index in [4.69, 9.17) is 4.52 Å². The second-order valence-electron chi connectivity index (χ2n) is 7.40. The zero-order valence-corrected chi connectivity index (χ0v) is 16.6. The highest BCUT2D eigenvalue weighted by Gasteiger charge is 2.28. The average molecular weight is 392 g/mol. The standard InChI is InChI=1S/C21H24N6O2/c1-14(2)21-25-18(26-29-21)13-24-20(28)15-8-9-19(23-12-15)27-11-5-7-17(27)16-6-3-4-10-22-16/h3-4,6,8-10,12,14,17H,5,7,11,13H2,1-2H3,(H,24,28)/t17-/m1/s1. The molecule has 0 bridgehead atoms. The van der Waals surface area contributed by atoms with E-state index in [0.717, 1.165) is 30.9 Å². The number of rotatable bonds is 6. The number of hydrogen-bond acceptors (Lipinski definition) is 7. The predicted octanol–water partition coefficient (Wildman–Crippen LogP) is 3.25. The fourth-order valence-corrected chi connectivity index (χ4v) is 3.45. The quantitative estimate of drug-likeness (QED) is 0.688. The van der Waals surface area contributed by atoms with Gasteiger partial charge in [-0.05, 0) is 37.1 Å². The number of nitrogens with zero attached hydrogens (tertiary/aromatic N) is 5. The number of nitrogens with one attached hydrogen (secondary N) is 1. The lowest BCUT2D eigenvalue weighted by Gasteiger charge is -2.25. The van der Waals surface area contributed by atoms with Crippen LogP contribution in [0, 0.1) is 0 Å². The third kappa shape index (κ3) is 4.26. The molecule has 8 nitrogen and oxygen atoms in total. The van der Waals surface area contributed by atoms with Crippen LogP contribution in [0.3, 0.4) is 0 Å². The second kappa shape index (κ2) is 8.38. The third-order valence-corrected chi connectivity index (χ3v) is 4.97. The number of hydrogen-bond donors (Lipinski definition) is 1. The first-order chi connectivity index (χ1) is 14.1. The topological polar surface area (TPSA) is 97.0 Å². The Bertz CT molecular complexity index is 955. The molecular weight excluding hydrogens is 368 g/mol. The lowest BCUT2D eigenvalue weighted by molar-refractivity contribution is 0.0949. The minimum atomic E-state index is -0.220. The van der Waals surface area contributed by atoms with E-state index < -0.39 is 0 Å². The molecule has 29 heavy (non-hydrogen) atoms. The number of anilines is 1. The molecule has 0 radical (unpaired) electrons. The Balaban J connectivity index is 1.40. The highest BCUT2D eigenvalue weighted by molar-refractivity contribution is 5.93. The Morgan fingerprint density at radius 2 is 2.17 bits per heavy atom. The highest BCUT2D eigenvalue weighted by atomic mass is 16.5. The van der Waals surface area contributed by atoms with E-state index in [0.29, 0.717) is 17.3 Å². The number of pyridine rings is 2. The van der Waals surface area contributed by atoms with Crippen LogP contribution >= 0.6 is 0 Å². The Labute approximate surface area is 169 Å². The fraction of sp³-hybridized carbons (Fsp3) is 0.381. The summed E-state index contributed by atoms with van der Waals surface area (Å²) in [5.41, 5.74) is 1.55. The smallest absolute Gasteiger partial charge is 0.253 e.